The van der Waals surface area contributed by atoms with Crippen LogP contribution in [0.3, 0.4) is 0 Å². The van der Waals surface area contributed by atoms with Gasteiger partial charge >= 0.3 is 0 Å². The molecule has 19 heavy (non-hydrogen) atoms. The highest BCUT2D eigenvalue weighted by atomic mass is 16.5. The first kappa shape index (κ1) is 15.5. The van der Waals surface area contributed by atoms with Crippen LogP contribution in [0.15, 0.2) is 24.3 Å². The van der Waals surface area contributed by atoms with E-state index in [0.717, 1.165) is 18.7 Å². The van der Waals surface area contributed by atoms with Gasteiger partial charge in [-0.1, -0.05) is 26.0 Å². The molecular weight excluding hydrogens is 240 g/mol. The third-order valence-corrected chi connectivity index (χ3v) is 3.04. The van der Waals surface area contributed by atoms with Crippen LogP contribution in [0, 0.1) is 5.92 Å². The van der Waals surface area contributed by atoms with Gasteiger partial charge in [-0.15, -0.1) is 0 Å². The summed E-state index contributed by atoms with van der Waals surface area (Å²) in [6.45, 7) is 7.34. The molecule has 0 radical (unpaired) electrons. The van der Waals surface area contributed by atoms with E-state index >= 15 is 0 Å². The minimum absolute atomic E-state index is 0.278. The van der Waals surface area contributed by atoms with Crippen LogP contribution in [0.25, 0.3) is 0 Å². The van der Waals surface area contributed by atoms with Crippen LogP contribution < -0.4 is 15.8 Å². The molecule has 0 spiro atoms. The van der Waals surface area contributed by atoms with Crippen molar-refractivity contribution in [2.45, 2.75) is 33.2 Å². The second-order valence-corrected chi connectivity index (χ2v) is 4.86. The largest absolute Gasteiger partial charge is 0.493 e. The number of amides is 1. The molecule has 1 aromatic rings. The van der Waals surface area contributed by atoms with Crippen LogP contribution in [0.1, 0.15) is 38.8 Å². The summed E-state index contributed by atoms with van der Waals surface area (Å²) in [7, 11) is 0. The number of hydrogen-bond donors (Lipinski definition) is 2. The lowest BCUT2D eigenvalue weighted by atomic mass is 10.1. The molecule has 3 N–H and O–H groups in total. The Morgan fingerprint density at radius 1 is 1.42 bits per heavy atom. The summed E-state index contributed by atoms with van der Waals surface area (Å²) < 4.78 is 5.60. The number of rotatable bonds is 8. The molecule has 0 aliphatic carbocycles. The molecule has 0 fully saturated rings. The Balaban J connectivity index is 2.59. The van der Waals surface area contributed by atoms with E-state index < -0.39 is 0 Å². The van der Waals surface area contributed by atoms with Gasteiger partial charge < -0.3 is 15.8 Å². The average molecular weight is 264 g/mol. The molecular formula is C15H24N2O2. The lowest BCUT2D eigenvalue weighted by molar-refractivity contribution is -0.122. The van der Waals surface area contributed by atoms with E-state index in [4.69, 9.17) is 10.5 Å². The van der Waals surface area contributed by atoms with E-state index in [1.807, 2.05) is 18.2 Å². The molecule has 4 heteroatoms. The molecule has 0 heterocycles. The summed E-state index contributed by atoms with van der Waals surface area (Å²) in [6, 6.07) is 8.21. The van der Waals surface area contributed by atoms with Gasteiger partial charge in [0.1, 0.15) is 5.75 Å². The van der Waals surface area contributed by atoms with E-state index in [-0.39, 0.29) is 17.9 Å². The summed E-state index contributed by atoms with van der Waals surface area (Å²) in [6.07, 6.45) is 1.11. The molecule has 0 saturated carbocycles. The first-order valence-corrected chi connectivity index (χ1v) is 6.80. The summed E-state index contributed by atoms with van der Waals surface area (Å²) in [5.41, 5.74) is 6.38. The topological polar surface area (TPSA) is 64.3 Å². The fourth-order valence-corrected chi connectivity index (χ4v) is 1.66. The van der Waals surface area contributed by atoms with E-state index in [1.165, 1.54) is 5.56 Å². The molecule has 106 valence electrons. The maximum Gasteiger partial charge on any atom is 0.223 e. The quantitative estimate of drug-likeness (QED) is 0.757. The zero-order valence-electron chi connectivity index (χ0n) is 12.0. The van der Waals surface area contributed by atoms with E-state index in [9.17, 15) is 4.79 Å². The Labute approximate surface area is 115 Å². The van der Waals surface area contributed by atoms with Crippen molar-refractivity contribution in [1.29, 1.82) is 0 Å². The maximum absolute atomic E-state index is 10.9. The normalized spacial score (nSPS) is 13.8. The van der Waals surface area contributed by atoms with E-state index in [1.54, 1.807) is 6.92 Å². The van der Waals surface area contributed by atoms with Gasteiger partial charge in [-0.05, 0) is 37.6 Å². The number of nitrogens with two attached hydrogens (primary N) is 1. The molecule has 1 amide bonds. The number of hydrogen-bond acceptors (Lipinski definition) is 3. The lowest BCUT2D eigenvalue weighted by Crippen LogP contribution is -2.25. The first-order chi connectivity index (χ1) is 9.04. The zero-order valence-corrected chi connectivity index (χ0v) is 12.0. The van der Waals surface area contributed by atoms with Crippen molar-refractivity contribution in [3.05, 3.63) is 29.8 Å². The number of benzene rings is 1. The molecule has 0 aliphatic rings. The van der Waals surface area contributed by atoms with Crippen molar-refractivity contribution in [3.63, 3.8) is 0 Å². The summed E-state index contributed by atoms with van der Waals surface area (Å²) in [5, 5.41) is 3.43. The first-order valence-electron chi connectivity index (χ1n) is 6.80. The molecule has 2 unspecified atom stereocenters. The molecule has 1 aromatic carbocycles. The van der Waals surface area contributed by atoms with E-state index in [0.29, 0.717) is 6.61 Å². The monoisotopic (exact) mass is 264 g/mol. The van der Waals surface area contributed by atoms with Gasteiger partial charge in [0.25, 0.3) is 0 Å². The number of carbonyl (C=O) groups is 1. The molecule has 0 aliphatic heterocycles. The van der Waals surface area contributed by atoms with Crippen LogP contribution in [0.2, 0.25) is 0 Å². The lowest BCUT2D eigenvalue weighted by Gasteiger charge is -2.15. The maximum atomic E-state index is 10.9. The molecule has 1 rings (SSSR count). The van der Waals surface area contributed by atoms with Crippen LogP contribution >= 0.6 is 0 Å². The smallest absolute Gasteiger partial charge is 0.223 e. The van der Waals surface area contributed by atoms with Crippen LogP contribution in [-0.2, 0) is 4.79 Å². The van der Waals surface area contributed by atoms with Crippen molar-refractivity contribution in [3.8, 4) is 5.75 Å². The zero-order chi connectivity index (χ0) is 14.3. The highest BCUT2D eigenvalue weighted by Crippen LogP contribution is 2.19. The third kappa shape index (κ3) is 5.30. The Bertz CT molecular complexity index is 407. The van der Waals surface area contributed by atoms with Crippen LogP contribution in [0.5, 0.6) is 5.75 Å². The number of primary amides is 1. The Hall–Kier alpha value is -1.55. The number of carbonyl (C=O) groups excluding carboxylic acids is 1. The van der Waals surface area contributed by atoms with Crippen molar-refractivity contribution in [2.75, 3.05) is 13.2 Å². The fourth-order valence-electron chi connectivity index (χ4n) is 1.66. The minimum Gasteiger partial charge on any atom is -0.493 e. The molecule has 2 atom stereocenters. The Kier molecular flexibility index (Phi) is 6.36. The molecule has 0 aromatic heterocycles. The van der Waals surface area contributed by atoms with Gasteiger partial charge in [0.05, 0.1) is 12.5 Å². The molecule has 0 saturated heterocycles. The number of ether oxygens (including phenoxy) is 1. The van der Waals surface area contributed by atoms with Crippen LogP contribution in [-0.4, -0.2) is 19.1 Å². The second kappa shape index (κ2) is 7.79. The molecule has 4 nitrogen and oxygen atoms in total. The van der Waals surface area contributed by atoms with Crippen LogP contribution in [0.4, 0.5) is 0 Å². The standard InChI is InChI=1S/C15H24N2O2/c1-4-8-17-12(3)13-6-5-7-14(9-13)19-10-11(2)15(16)18/h5-7,9,11-12,17H,4,8,10H2,1-3H3,(H2,16,18). The third-order valence-electron chi connectivity index (χ3n) is 3.04. The second-order valence-electron chi connectivity index (χ2n) is 4.86. The minimum atomic E-state index is -0.339. The van der Waals surface area contributed by atoms with Crippen molar-refractivity contribution < 1.29 is 9.53 Å². The molecule has 0 bridgehead atoms. The van der Waals surface area contributed by atoms with Gasteiger partial charge in [0.15, 0.2) is 0 Å². The number of nitrogens with one attached hydrogen (secondary N) is 1. The SMILES string of the molecule is CCCNC(C)c1cccc(OCC(C)C(N)=O)c1. The van der Waals surface area contributed by atoms with Gasteiger partial charge in [-0.2, -0.15) is 0 Å². The Morgan fingerprint density at radius 3 is 2.79 bits per heavy atom. The van der Waals surface area contributed by atoms with Gasteiger partial charge in [0.2, 0.25) is 5.91 Å². The predicted molar refractivity (Wildman–Crippen MR) is 77.0 cm³/mol. The van der Waals surface area contributed by atoms with Crippen molar-refractivity contribution >= 4 is 5.91 Å². The van der Waals surface area contributed by atoms with E-state index in [2.05, 4.69) is 25.2 Å². The highest BCUT2D eigenvalue weighted by molar-refractivity contribution is 5.76. The van der Waals surface area contributed by atoms with Gasteiger partial charge in [-0.25, -0.2) is 0 Å². The summed E-state index contributed by atoms with van der Waals surface area (Å²) >= 11 is 0. The van der Waals surface area contributed by atoms with Crippen molar-refractivity contribution in [2.24, 2.45) is 11.7 Å². The Morgan fingerprint density at radius 2 is 2.16 bits per heavy atom. The summed E-state index contributed by atoms with van der Waals surface area (Å²) in [4.78, 5) is 10.9. The fraction of sp³-hybridized carbons (Fsp3) is 0.533. The predicted octanol–water partition coefficient (Wildman–Crippen LogP) is 2.25. The average Bonchev–Trinajstić information content (AvgIpc) is 2.42. The van der Waals surface area contributed by atoms with Gasteiger partial charge in [0, 0.05) is 6.04 Å². The summed E-state index contributed by atoms with van der Waals surface area (Å²) in [5.74, 6) is 0.157. The highest BCUT2D eigenvalue weighted by Gasteiger charge is 2.10. The van der Waals surface area contributed by atoms with Gasteiger partial charge in [-0.3, -0.25) is 4.79 Å². The van der Waals surface area contributed by atoms with Crippen molar-refractivity contribution in [1.82, 2.24) is 5.32 Å².